The summed E-state index contributed by atoms with van der Waals surface area (Å²) in [7, 11) is 10.7. The summed E-state index contributed by atoms with van der Waals surface area (Å²) in [6.45, 7) is 0. The van der Waals surface area contributed by atoms with Gasteiger partial charge in [-0.25, -0.2) is 0 Å². The van der Waals surface area contributed by atoms with Crippen molar-refractivity contribution in [3.8, 4) is 0 Å². The Morgan fingerprint density at radius 1 is 1.15 bits per heavy atom. The first-order valence-corrected chi connectivity index (χ1v) is 4.75. The predicted molar refractivity (Wildman–Crippen MR) is 56.5 cm³/mol. The number of likely N-dealkylation sites (N-methyl/N-ethyl adjacent to an activating group) is 3. The molecule has 3 nitrogen and oxygen atoms in total. The van der Waals surface area contributed by atoms with Crippen molar-refractivity contribution in [3.63, 3.8) is 0 Å². The summed E-state index contributed by atoms with van der Waals surface area (Å²) in [6.07, 6.45) is 6.04. The molecule has 0 saturated heterocycles. The van der Waals surface area contributed by atoms with Gasteiger partial charge in [0, 0.05) is 13.1 Å². The predicted octanol–water partition coefficient (Wildman–Crippen LogP) is 0.653. The van der Waals surface area contributed by atoms with E-state index < -0.39 is 0 Å². The van der Waals surface area contributed by atoms with E-state index in [2.05, 4.69) is 62.2 Å². The highest BCUT2D eigenvalue weighted by atomic mass is 15.4. The van der Waals surface area contributed by atoms with E-state index >= 15 is 0 Å². The highest BCUT2D eigenvalue weighted by Crippen LogP contribution is 2.18. The fourth-order valence-electron chi connectivity index (χ4n) is 2.03. The van der Waals surface area contributed by atoms with Crippen LogP contribution in [0.5, 0.6) is 0 Å². The van der Waals surface area contributed by atoms with Crippen molar-refractivity contribution in [3.05, 3.63) is 12.3 Å². The Kier molecular flexibility index (Phi) is 3.33. The Hall–Kier alpha value is -0.540. The summed E-state index contributed by atoms with van der Waals surface area (Å²) >= 11 is 0. The van der Waals surface area contributed by atoms with E-state index in [9.17, 15) is 0 Å². The lowest BCUT2D eigenvalue weighted by molar-refractivity contribution is 0.0509. The van der Waals surface area contributed by atoms with Crippen LogP contribution in [-0.2, 0) is 0 Å². The van der Waals surface area contributed by atoms with Crippen LogP contribution in [0.15, 0.2) is 12.3 Å². The normalized spacial score (nSPS) is 29.0. The van der Waals surface area contributed by atoms with Crippen LogP contribution >= 0.6 is 0 Å². The number of nitrogens with zero attached hydrogens (tertiary/aromatic N) is 3. The van der Waals surface area contributed by atoms with Gasteiger partial charge in [-0.3, -0.25) is 4.90 Å². The first-order valence-electron chi connectivity index (χ1n) is 4.75. The lowest BCUT2D eigenvalue weighted by Gasteiger charge is -2.43. The minimum Gasteiger partial charge on any atom is -0.364 e. The quantitative estimate of drug-likeness (QED) is 0.622. The average Bonchev–Trinajstić information content (AvgIpc) is 2.02. The molecule has 0 aliphatic carbocycles. The molecule has 0 N–H and O–H groups in total. The Labute approximate surface area is 81.6 Å². The molecule has 76 valence electrons. The first-order chi connectivity index (χ1) is 6.04. The van der Waals surface area contributed by atoms with Crippen LogP contribution in [0, 0.1) is 0 Å². The molecule has 1 aliphatic heterocycles. The van der Waals surface area contributed by atoms with E-state index in [1.165, 1.54) is 0 Å². The van der Waals surface area contributed by atoms with E-state index in [1.807, 2.05) is 0 Å². The maximum absolute atomic E-state index is 2.30. The van der Waals surface area contributed by atoms with Gasteiger partial charge in [0.1, 0.15) is 0 Å². The third-order valence-electron chi connectivity index (χ3n) is 2.67. The van der Waals surface area contributed by atoms with Crippen LogP contribution in [-0.4, -0.2) is 62.1 Å². The van der Waals surface area contributed by atoms with Crippen molar-refractivity contribution in [2.45, 2.75) is 18.6 Å². The summed E-state index contributed by atoms with van der Waals surface area (Å²) in [5.74, 6) is 0. The van der Waals surface area contributed by atoms with Gasteiger partial charge in [-0.05, 0) is 40.8 Å². The molecular weight excluding hydrogens is 162 g/mol. The SMILES string of the molecule is CN(C)C1CC=CN(C)C1N(C)C. The van der Waals surface area contributed by atoms with Gasteiger partial charge in [-0.2, -0.15) is 0 Å². The van der Waals surface area contributed by atoms with E-state index in [-0.39, 0.29) is 0 Å². The Balaban J connectivity index is 2.77. The van der Waals surface area contributed by atoms with Crippen LogP contribution in [0.2, 0.25) is 0 Å². The number of hydrogen-bond acceptors (Lipinski definition) is 3. The minimum atomic E-state index is 0.486. The van der Waals surface area contributed by atoms with Gasteiger partial charge in [0.05, 0.1) is 6.17 Å². The molecule has 0 aromatic rings. The number of hydrogen-bond donors (Lipinski definition) is 0. The lowest BCUT2D eigenvalue weighted by atomic mass is 10.1. The zero-order chi connectivity index (χ0) is 10.0. The maximum Gasteiger partial charge on any atom is 0.0968 e. The molecule has 0 radical (unpaired) electrons. The smallest absolute Gasteiger partial charge is 0.0968 e. The molecule has 0 bridgehead atoms. The molecule has 0 spiro atoms. The van der Waals surface area contributed by atoms with Crippen molar-refractivity contribution >= 4 is 0 Å². The van der Waals surface area contributed by atoms with Gasteiger partial charge >= 0.3 is 0 Å². The minimum absolute atomic E-state index is 0.486. The molecule has 2 unspecified atom stereocenters. The molecule has 0 amide bonds. The van der Waals surface area contributed by atoms with Crippen LogP contribution in [0.4, 0.5) is 0 Å². The van der Waals surface area contributed by atoms with Crippen LogP contribution in [0.3, 0.4) is 0 Å². The zero-order valence-electron chi connectivity index (χ0n) is 9.36. The topological polar surface area (TPSA) is 9.72 Å². The molecule has 3 heteroatoms. The summed E-state index contributed by atoms with van der Waals surface area (Å²) in [6, 6.07) is 0.588. The van der Waals surface area contributed by atoms with Gasteiger partial charge in [0.15, 0.2) is 0 Å². The third-order valence-corrected chi connectivity index (χ3v) is 2.67. The third kappa shape index (κ3) is 2.23. The first kappa shape index (κ1) is 10.5. The van der Waals surface area contributed by atoms with Crippen molar-refractivity contribution in [1.82, 2.24) is 14.7 Å². The Bertz CT molecular complexity index is 187. The summed E-state index contributed by atoms with van der Waals surface area (Å²) in [4.78, 5) is 6.84. The molecule has 0 fully saturated rings. The van der Waals surface area contributed by atoms with Gasteiger partial charge in [0.2, 0.25) is 0 Å². The summed E-state index contributed by atoms with van der Waals surface area (Å²) < 4.78 is 0. The highest BCUT2D eigenvalue weighted by molar-refractivity contribution is 4.98. The van der Waals surface area contributed by atoms with Gasteiger partial charge in [-0.1, -0.05) is 6.08 Å². The molecule has 2 atom stereocenters. The standard InChI is InChI=1S/C10H21N3/c1-11(2)9-7-6-8-13(5)10(9)12(3)4/h6,8-10H,7H2,1-5H3. The fraction of sp³-hybridized carbons (Fsp3) is 0.800. The largest absolute Gasteiger partial charge is 0.364 e. The van der Waals surface area contributed by atoms with E-state index in [4.69, 9.17) is 0 Å². The Morgan fingerprint density at radius 3 is 2.15 bits per heavy atom. The fourth-order valence-corrected chi connectivity index (χ4v) is 2.03. The molecule has 1 rings (SSSR count). The second-order valence-corrected chi connectivity index (χ2v) is 4.19. The van der Waals surface area contributed by atoms with Crippen molar-refractivity contribution in [2.75, 3.05) is 35.2 Å². The molecule has 1 aliphatic rings. The van der Waals surface area contributed by atoms with Crippen molar-refractivity contribution in [2.24, 2.45) is 0 Å². The average molecular weight is 183 g/mol. The second kappa shape index (κ2) is 4.11. The molecule has 0 aromatic carbocycles. The van der Waals surface area contributed by atoms with Crippen LogP contribution in [0.1, 0.15) is 6.42 Å². The van der Waals surface area contributed by atoms with E-state index in [0.29, 0.717) is 12.2 Å². The lowest BCUT2D eigenvalue weighted by Crippen LogP contribution is -2.55. The van der Waals surface area contributed by atoms with Gasteiger partial charge in [-0.15, -0.1) is 0 Å². The van der Waals surface area contributed by atoms with Gasteiger partial charge < -0.3 is 9.80 Å². The van der Waals surface area contributed by atoms with Crippen LogP contribution in [0.25, 0.3) is 0 Å². The molecule has 0 aromatic heterocycles. The maximum atomic E-state index is 2.30. The molecule has 1 heterocycles. The molecule has 0 saturated carbocycles. The van der Waals surface area contributed by atoms with Crippen molar-refractivity contribution in [1.29, 1.82) is 0 Å². The highest BCUT2D eigenvalue weighted by Gasteiger charge is 2.28. The molecule has 13 heavy (non-hydrogen) atoms. The Morgan fingerprint density at radius 2 is 1.77 bits per heavy atom. The molecular formula is C10H21N3. The monoisotopic (exact) mass is 183 g/mol. The van der Waals surface area contributed by atoms with Crippen molar-refractivity contribution < 1.29 is 0 Å². The second-order valence-electron chi connectivity index (χ2n) is 4.19. The zero-order valence-corrected chi connectivity index (χ0v) is 9.36. The number of rotatable bonds is 2. The summed E-state index contributed by atoms with van der Waals surface area (Å²) in [5, 5.41) is 0. The van der Waals surface area contributed by atoms with E-state index in [0.717, 1.165) is 6.42 Å². The summed E-state index contributed by atoms with van der Waals surface area (Å²) in [5.41, 5.74) is 0. The van der Waals surface area contributed by atoms with Gasteiger partial charge in [0.25, 0.3) is 0 Å². The van der Waals surface area contributed by atoms with Crippen LogP contribution < -0.4 is 0 Å². The van der Waals surface area contributed by atoms with E-state index in [1.54, 1.807) is 0 Å².